The molecule has 3 aromatic rings. The van der Waals surface area contributed by atoms with Gasteiger partial charge in [-0.25, -0.2) is 13.2 Å². The van der Waals surface area contributed by atoms with Crippen LogP contribution in [0.25, 0.3) is 11.0 Å². The van der Waals surface area contributed by atoms with E-state index in [1.165, 1.54) is 18.2 Å². The molecule has 1 unspecified atom stereocenters. The lowest BCUT2D eigenvalue weighted by molar-refractivity contribution is -0.646. The van der Waals surface area contributed by atoms with Crippen LogP contribution in [-0.4, -0.2) is 55.7 Å². The molecule has 2 atom stereocenters. The second-order valence-electron chi connectivity index (χ2n) is 10.1. The highest BCUT2D eigenvalue weighted by Gasteiger charge is 2.37. The van der Waals surface area contributed by atoms with Crippen molar-refractivity contribution in [2.75, 3.05) is 13.1 Å². The van der Waals surface area contributed by atoms with Gasteiger partial charge in [0, 0.05) is 29.6 Å². The SMILES string of the molecule is Cc1c(OC(=O)NC(CC(C)C)C(=O)N[C@H]2CCCN(S(=O)(=O)c3cccc[n+]3[O-])CC2=O)oc2ccccc12. The normalized spacial score (nSPS) is 17.4. The average molecular weight is 573 g/mol. The van der Waals surface area contributed by atoms with Crippen molar-refractivity contribution in [1.82, 2.24) is 14.9 Å². The number of rotatable bonds is 8. The Kier molecular flexibility index (Phi) is 8.74. The quantitative estimate of drug-likeness (QED) is 0.307. The zero-order valence-electron chi connectivity index (χ0n) is 22.5. The van der Waals surface area contributed by atoms with E-state index in [1.54, 1.807) is 19.1 Å². The highest BCUT2D eigenvalue weighted by Crippen LogP contribution is 2.30. The number of amides is 2. The van der Waals surface area contributed by atoms with Crippen molar-refractivity contribution >= 4 is 38.8 Å². The molecule has 2 amide bonds. The standard InChI is InChI=1S/C27H32N4O8S/c1-17(2)15-21(29-27(34)39-26-18(3)19-9-4-5-11-23(19)38-26)25(33)28-20-10-8-13-30(16-22(20)32)40(36,37)24-12-6-7-14-31(24)35/h4-7,9,11-12,14,17,20-21H,8,10,13,15-16H2,1-3H3,(H,28,33)(H,29,34)/t20-,21?/m0/s1. The lowest BCUT2D eigenvalue weighted by atomic mass is 10.0. The van der Waals surface area contributed by atoms with E-state index in [0.29, 0.717) is 11.1 Å². The lowest BCUT2D eigenvalue weighted by Crippen LogP contribution is -2.53. The van der Waals surface area contributed by atoms with Gasteiger partial charge in [0.1, 0.15) is 11.6 Å². The number of furan rings is 1. The van der Waals surface area contributed by atoms with E-state index in [4.69, 9.17) is 9.15 Å². The maximum atomic E-state index is 13.2. The first-order valence-electron chi connectivity index (χ1n) is 12.9. The molecule has 40 heavy (non-hydrogen) atoms. The van der Waals surface area contributed by atoms with Gasteiger partial charge in [-0.05, 0) is 44.2 Å². The molecule has 0 aliphatic carbocycles. The molecule has 2 N–H and O–H groups in total. The van der Waals surface area contributed by atoms with E-state index >= 15 is 0 Å². The first kappa shape index (κ1) is 29.0. The van der Waals surface area contributed by atoms with Gasteiger partial charge < -0.3 is 25.0 Å². The molecule has 4 rings (SSSR count). The van der Waals surface area contributed by atoms with E-state index in [9.17, 15) is 28.0 Å². The monoisotopic (exact) mass is 572 g/mol. The number of Topliss-reactive ketones (excluding diaryl/α,β-unsaturated/α-hetero) is 1. The maximum absolute atomic E-state index is 13.2. The average Bonchev–Trinajstić information content (AvgIpc) is 3.08. The van der Waals surface area contributed by atoms with Crippen LogP contribution in [0.15, 0.2) is 58.1 Å². The number of carbonyl (C=O) groups excluding carboxylic acids is 3. The number of aryl methyl sites for hydroxylation is 1. The molecule has 3 heterocycles. The van der Waals surface area contributed by atoms with Gasteiger partial charge in [0.25, 0.3) is 5.95 Å². The van der Waals surface area contributed by atoms with Crippen LogP contribution in [0, 0.1) is 18.0 Å². The van der Waals surface area contributed by atoms with Crippen LogP contribution in [0.3, 0.4) is 0 Å². The summed E-state index contributed by atoms with van der Waals surface area (Å²) in [4.78, 5) is 39.0. The topological polar surface area (TPSA) is 162 Å². The van der Waals surface area contributed by atoms with E-state index in [0.717, 1.165) is 15.9 Å². The predicted molar refractivity (Wildman–Crippen MR) is 144 cm³/mol. The third-order valence-electron chi connectivity index (χ3n) is 6.63. The summed E-state index contributed by atoms with van der Waals surface area (Å²) in [5, 5.41) is 17.6. The van der Waals surface area contributed by atoms with Gasteiger partial charge in [0.05, 0.1) is 12.6 Å². The van der Waals surface area contributed by atoms with Crippen molar-refractivity contribution < 1.29 is 36.7 Å². The molecule has 214 valence electrons. The molecule has 12 nitrogen and oxygen atoms in total. The van der Waals surface area contributed by atoms with E-state index in [1.807, 2.05) is 26.0 Å². The number of fused-ring (bicyclic) bond motifs is 1. The minimum absolute atomic E-state index is 0.00614. The molecule has 0 bridgehead atoms. The number of benzene rings is 1. The van der Waals surface area contributed by atoms with Gasteiger partial charge in [-0.2, -0.15) is 9.04 Å². The number of nitrogens with one attached hydrogen (secondary N) is 2. The fraction of sp³-hybridized carbons (Fsp3) is 0.407. The zero-order valence-corrected chi connectivity index (χ0v) is 23.3. The number of para-hydroxylation sites is 1. The number of nitrogens with zero attached hydrogens (tertiary/aromatic N) is 2. The van der Waals surface area contributed by atoms with Gasteiger partial charge >= 0.3 is 21.1 Å². The van der Waals surface area contributed by atoms with Crippen molar-refractivity contribution in [2.24, 2.45) is 5.92 Å². The van der Waals surface area contributed by atoms with Crippen LogP contribution in [0.4, 0.5) is 4.79 Å². The number of ether oxygens (including phenoxy) is 1. The van der Waals surface area contributed by atoms with E-state index in [2.05, 4.69) is 10.6 Å². The van der Waals surface area contributed by atoms with Crippen molar-refractivity contribution in [3.8, 4) is 5.95 Å². The zero-order chi connectivity index (χ0) is 29.0. The first-order valence-corrected chi connectivity index (χ1v) is 14.4. The summed E-state index contributed by atoms with van der Waals surface area (Å²) < 4.78 is 38.2. The Hall–Kier alpha value is -3.97. The molecule has 1 aliphatic heterocycles. The second kappa shape index (κ2) is 12.0. The summed E-state index contributed by atoms with van der Waals surface area (Å²) >= 11 is 0. The number of hydrogen-bond acceptors (Lipinski definition) is 8. The predicted octanol–water partition coefficient (Wildman–Crippen LogP) is 2.42. The summed E-state index contributed by atoms with van der Waals surface area (Å²) in [6, 6.07) is 9.23. The fourth-order valence-electron chi connectivity index (χ4n) is 4.58. The smallest absolute Gasteiger partial charge is 0.415 e. The van der Waals surface area contributed by atoms with Crippen LogP contribution in [0.5, 0.6) is 5.95 Å². The molecule has 1 fully saturated rings. The lowest BCUT2D eigenvalue weighted by Gasteiger charge is -2.23. The number of pyridine rings is 1. The van der Waals surface area contributed by atoms with Crippen LogP contribution in [0.2, 0.25) is 0 Å². The maximum Gasteiger partial charge on any atom is 0.415 e. The van der Waals surface area contributed by atoms with Gasteiger partial charge in [-0.3, -0.25) is 9.59 Å². The van der Waals surface area contributed by atoms with E-state index in [-0.39, 0.29) is 42.4 Å². The van der Waals surface area contributed by atoms with Crippen molar-refractivity contribution in [1.29, 1.82) is 0 Å². The highest BCUT2D eigenvalue weighted by molar-refractivity contribution is 7.89. The molecule has 2 aromatic heterocycles. The van der Waals surface area contributed by atoms with Gasteiger partial charge in [0.15, 0.2) is 12.0 Å². The third-order valence-corrected chi connectivity index (χ3v) is 8.47. The molecule has 0 spiro atoms. The Labute approximate surface area is 231 Å². The number of aromatic nitrogens is 1. The minimum atomic E-state index is -4.22. The van der Waals surface area contributed by atoms with Gasteiger partial charge in [0.2, 0.25) is 5.91 Å². The molecule has 0 saturated carbocycles. The molecule has 0 radical (unpaired) electrons. The van der Waals surface area contributed by atoms with Crippen LogP contribution >= 0.6 is 0 Å². The number of carbonyl (C=O) groups is 3. The first-order chi connectivity index (χ1) is 19.0. The molecular formula is C27H32N4O8S. The minimum Gasteiger partial charge on any atom is -0.618 e. The summed E-state index contributed by atoms with van der Waals surface area (Å²) in [6.45, 7) is 5.01. The summed E-state index contributed by atoms with van der Waals surface area (Å²) in [5.41, 5.74) is 1.19. The summed E-state index contributed by atoms with van der Waals surface area (Å²) in [5.74, 6) is -1.09. The summed E-state index contributed by atoms with van der Waals surface area (Å²) in [7, 11) is -4.22. The Morgan fingerprint density at radius 1 is 1.20 bits per heavy atom. The molecule has 1 aromatic carbocycles. The van der Waals surface area contributed by atoms with Crippen molar-refractivity contribution in [3.05, 3.63) is 59.4 Å². The Balaban J connectivity index is 1.42. The molecule has 1 aliphatic rings. The highest BCUT2D eigenvalue weighted by atomic mass is 32.2. The van der Waals surface area contributed by atoms with Crippen LogP contribution in [-0.2, 0) is 19.6 Å². The Morgan fingerprint density at radius 3 is 2.62 bits per heavy atom. The van der Waals surface area contributed by atoms with Crippen LogP contribution in [0.1, 0.15) is 38.7 Å². The number of sulfonamides is 1. The largest absolute Gasteiger partial charge is 0.618 e. The Morgan fingerprint density at radius 2 is 1.93 bits per heavy atom. The van der Waals surface area contributed by atoms with Crippen molar-refractivity contribution in [3.63, 3.8) is 0 Å². The molecule has 1 saturated heterocycles. The molecular weight excluding hydrogens is 540 g/mol. The summed E-state index contributed by atoms with van der Waals surface area (Å²) in [6.07, 6.45) is 0.912. The van der Waals surface area contributed by atoms with Crippen molar-refractivity contribution in [2.45, 2.75) is 57.1 Å². The number of ketones is 1. The molecule has 13 heteroatoms. The second-order valence-corrected chi connectivity index (χ2v) is 12.0. The van der Waals surface area contributed by atoms with Crippen LogP contribution < -0.4 is 20.1 Å². The fourth-order valence-corrected chi connectivity index (χ4v) is 6.05. The number of hydrogen-bond donors (Lipinski definition) is 2. The van der Waals surface area contributed by atoms with Gasteiger partial charge in [-0.1, -0.05) is 32.0 Å². The van der Waals surface area contributed by atoms with Gasteiger partial charge in [-0.15, -0.1) is 0 Å². The third kappa shape index (κ3) is 6.42. The van der Waals surface area contributed by atoms with E-state index < -0.39 is 51.5 Å². The Bertz CT molecular complexity index is 1520.